The molecule has 0 unspecified atom stereocenters. The molecule has 1 spiro atoms. The van der Waals surface area contributed by atoms with Crippen LogP contribution in [0.1, 0.15) is 26.7 Å². The molecule has 6 rings (SSSR count). The van der Waals surface area contributed by atoms with Gasteiger partial charge in [-0.05, 0) is 43.2 Å². The number of nitrogens with zero attached hydrogens (tertiary/aromatic N) is 2. The van der Waals surface area contributed by atoms with E-state index in [4.69, 9.17) is 9.47 Å². The van der Waals surface area contributed by atoms with Crippen LogP contribution in [0.15, 0.2) is 66.8 Å². The minimum atomic E-state index is -1.46. The fourth-order valence-corrected chi connectivity index (χ4v) is 6.74. The van der Waals surface area contributed by atoms with Crippen molar-refractivity contribution in [3.05, 3.63) is 66.8 Å². The van der Waals surface area contributed by atoms with Crippen LogP contribution in [-0.4, -0.2) is 83.3 Å². The summed E-state index contributed by atoms with van der Waals surface area (Å²) >= 11 is 0. The smallest absolute Gasteiger partial charge is 0.313 e. The Morgan fingerprint density at radius 1 is 1.07 bits per heavy atom. The van der Waals surface area contributed by atoms with E-state index < -0.39 is 53.6 Å². The van der Waals surface area contributed by atoms with Crippen LogP contribution in [0.2, 0.25) is 0 Å². The highest BCUT2D eigenvalue weighted by Crippen LogP contribution is 2.53. The van der Waals surface area contributed by atoms with Crippen molar-refractivity contribution < 1.29 is 33.8 Å². The summed E-state index contributed by atoms with van der Waals surface area (Å²) in [6, 6.07) is 11.8. The fraction of sp³-hybridized carbons (Fsp3) is 0.438. The quantitative estimate of drug-likeness (QED) is 0.426. The van der Waals surface area contributed by atoms with E-state index in [0.29, 0.717) is 12.1 Å². The van der Waals surface area contributed by atoms with Crippen molar-refractivity contribution in [2.75, 3.05) is 24.6 Å². The van der Waals surface area contributed by atoms with E-state index >= 15 is 0 Å². The Balaban J connectivity index is 1.44. The van der Waals surface area contributed by atoms with Gasteiger partial charge in [-0.2, -0.15) is 0 Å². The maximum absolute atomic E-state index is 14.5. The Hall–Kier alpha value is -4.02. The first-order valence-electron chi connectivity index (χ1n) is 14.5. The van der Waals surface area contributed by atoms with Crippen LogP contribution < -0.4 is 10.2 Å². The molecule has 4 aliphatic heterocycles. The third kappa shape index (κ3) is 4.59. The molecular formula is C32H35N3O7. The zero-order chi connectivity index (χ0) is 29.6. The van der Waals surface area contributed by atoms with Crippen molar-refractivity contribution in [2.45, 2.75) is 56.6 Å². The second-order valence-electron chi connectivity index (χ2n) is 11.5. The summed E-state index contributed by atoms with van der Waals surface area (Å²) in [5, 5.41) is 14.9. The molecule has 2 N–H and O–H groups in total. The van der Waals surface area contributed by atoms with Gasteiger partial charge in [0.1, 0.15) is 23.7 Å². The van der Waals surface area contributed by atoms with Gasteiger partial charge in [0.25, 0.3) is 5.91 Å². The number of allylic oxidation sites excluding steroid dienone is 1. The monoisotopic (exact) mass is 573 g/mol. The summed E-state index contributed by atoms with van der Waals surface area (Å²) in [6.45, 7) is 3.37. The van der Waals surface area contributed by atoms with Crippen LogP contribution in [0, 0.1) is 11.8 Å². The number of nitrogens with one attached hydrogen (secondary N) is 1. The second kappa shape index (κ2) is 11.0. The van der Waals surface area contributed by atoms with E-state index in [-0.39, 0.29) is 37.9 Å². The lowest BCUT2D eigenvalue weighted by Crippen LogP contribution is -2.57. The number of hydrogen-bond acceptors (Lipinski definition) is 7. The number of rotatable bonds is 3. The first-order chi connectivity index (χ1) is 20.2. The molecule has 4 aliphatic rings. The molecule has 10 nitrogen and oxygen atoms in total. The van der Waals surface area contributed by atoms with E-state index in [1.54, 1.807) is 37.0 Å². The van der Waals surface area contributed by atoms with Crippen molar-refractivity contribution in [1.29, 1.82) is 0 Å². The van der Waals surface area contributed by atoms with Gasteiger partial charge in [-0.25, -0.2) is 0 Å². The van der Waals surface area contributed by atoms with Crippen LogP contribution in [0.5, 0.6) is 0 Å². The van der Waals surface area contributed by atoms with Gasteiger partial charge in [0.05, 0.1) is 31.2 Å². The number of cyclic esters (lactones) is 1. The number of likely N-dealkylation sites (tertiary alicyclic amines) is 1. The van der Waals surface area contributed by atoms with Crippen LogP contribution >= 0.6 is 0 Å². The highest BCUT2D eigenvalue weighted by Gasteiger charge is 2.72. The molecule has 220 valence electrons. The molecular weight excluding hydrogens is 538 g/mol. The minimum Gasteiger partial charge on any atom is -0.460 e. The van der Waals surface area contributed by atoms with Gasteiger partial charge in [-0.1, -0.05) is 54.6 Å². The summed E-state index contributed by atoms with van der Waals surface area (Å²) in [4.78, 5) is 57.6. The molecule has 0 aliphatic carbocycles. The SMILES string of the molecule is C[C@@H]1CNC(=O)CC/C=C\[C@H]2O[C@]34C=CCN(c5ccc6ccccc6c5)C(=O)[C@H]3N([C@H](C)CO)C(=O)[C@@H]4[C@H]2C(=O)O1. The van der Waals surface area contributed by atoms with Crippen molar-refractivity contribution in [1.82, 2.24) is 10.2 Å². The second-order valence-corrected chi connectivity index (χ2v) is 11.5. The van der Waals surface area contributed by atoms with Gasteiger partial charge < -0.3 is 29.7 Å². The van der Waals surface area contributed by atoms with Gasteiger partial charge in [0.15, 0.2) is 0 Å². The molecule has 0 radical (unpaired) electrons. The largest absolute Gasteiger partial charge is 0.460 e. The molecule has 2 aromatic carbocycles. The molecule has 7 atom stereocenters. The number of carbonyl (C=O) groups is 4. The summed E-state index contributed by atoms with van der Waals surface area (Å²) < 4.78 is 12.4. The Morgan fingerprint density at radius 3 is 2.64 bits per heavy atom. The number of carbonyl (C=O) groups excluding carboxylic acids is 4. The van der Waals surface area contributed by atoms with Crippen LogP contribution in [0.4, 0.5) is 5.69 Å². The van der Waals surface area contributed by atoms with Crippen molar-refractivity contribution >= 4 is 40.2 Å². The fourth-order valence-electron chi connectivity index (χ4n) is 6.74. The molecule has 0 saturated carbocycles. The molecule has 0 bridgehead atoms. The van der Waals surface area contributed by atoms with E-state index in [9.17, 15) is 24.3 Å². The summed E-state index contributed by atoms with van der Waals surface area (Å²) in [6.07, 6.45) is 6.24. The van der Waals surface area contributed by atoms with Gasteiger partial charge in [-0.15, -0.1) is 0 Å². The van der Waals surface area contributed by atoms with Gasteiger partial charge in [0, 0.05) is 18.7 Å². The number of esters is 1. The highest BCUT2D eigenvalue weighted by atomic mass is 16.6. The van der Waals surface area contributed by atoms with Crippen molar-refractivity contribution in [3.63, 3.8) is 0 Å². The normalized spacial score (nSPS) is 33.1. The number of anilines is 1. The molecule has 10 heteroatoms. The first-order valence-corrected chi connectivity index (χ1v) is 14.5. The Labute approximate surface area is 243 Å². The number of aliphatic hydroxyl groups is 1. The number of hydrogen-bond donors (Lipinski definition) is 2. The van der Waals surface area contributed by atoms with Gasteiger partial charge in [0.2, 0.25) is 11.8 Å². The number of benzene rings is 2. The standard InChI is InChI=1S/C32H35N3O7/c1-19(18-36)35-28-30(39)34(23-13-12-21-8-3-4-9-22(21)16-23)15-7-14-32(28)27(29(35)38)26-24(42-32)10-5-6-11-25(37)33-17-20(2)41-31(26)40/h3-5,7-10,12-14,16,19-20,24,26-28,36H,6,11,15,17-18H2,1-2H3,(H,33,37)/b10-5-/t19-,20-,24-,26+,27+,28-,32+/m1/s1. The predicted molar refractivity (Wildman–Crippen MR) is 154 cm³/mol. The molecule has 2 saturated heterocycles. The number of amides is 3. The van der Waals surface area contributed by atoms with Crippen LogP contribution in [-0.2, 0) is 28.7 Å². The highest BCUT2D eigenvalue weighted by molar-refractivity contribution is 6.06. The summed E-state index contributed by atoms with van der Waals surface area (Å²) in [5.41, 5.74) is -0.790. The molecule has 2 aromatic rings. The van der Waals surface area contributed by atoms with E-state index in [1.807, 2.05) is 48.5 Å². The zero-order valence-corrected chi connectivity index (χ0v) is 23.6. The van der Waals surface area contributed by atoms with Gasteiger partial charge >= 0.3 is 5.97 Å². The maximum atomic E-state index is 14.5. The maximum Gasteiger partial charge on any atom is 0.313 e. The average molecular weight is 574 g/mol. The molecule has 3 amide bonds. The molecule has 42 heavy (non-hydrogen) atoms. The average Bonchev–Trinajstić information content (AvgIpc) is 3.38. The first kappa shape index (κ1) is 28.1. The third-order valence-corrected chi connectivity index (χ3v) is 8.76. The Bertz CT molecular complexity index is 1490. The van der Waals surface area contributed by atoms with Crippen LogP contribution in [0.25, 0.3) is 10.8 Å². The van der Waals surface area contributed by atoms with Gasteiger partial charge in [-0.3, -0.25) is 19.2 Å². The zero-order valence-electron chi connectivity index (χ0n) is 23.6. The lowest BCUT2D eigenvalue weighted by Gasteiger charge is -2.37. The van der Waals surface area contributed by atoms with E-state index in [2.05, 4.69) is 5.32 Å². The molecule has 2 fully saturated rings. The summed E-state index contributed by atoms with van der Waals surface area (Å²) in [5.74, 6) is -3.64. The van der Waals surface area contributed by atoms with Crippen molar-refractivity contribution in [3.8, 4) is 0 Å². The van der Waals surface area contributed by atoms with Crippen LogP contribution in [0.3, 0.4) is 0 Å². The number of aliphatic hydroxyl groups excluding tert-OH is 1. The lowest BCUT2D eigenvalue weighted by molar-refractivity contribution is -0.159. The van der Waals surface area contributed by atoms with Crippen molar-refractivity contribution in [2.24, 2.45) is 11.8 Å². The minimum absolute atomic E-state index is 0.145. The van der Waals surface area contributed by atoms with E-state index in [0.717, 1.165) is 10.8 Å². The molecule has 4 heterocycles. The predicted octanol–water partition coefficient (Wildman–Crippen LogP) is 2.10. The number of ether oxygens (including phenoxy) is 2. The number of fused-ring (bicyclic) bond motifs is 3. The summed E-state index contributed by atoms with van der Waals surface area (Å²) in [7, 11) is 0. The molecule has 0 aromatic heterocycles. The third-order valence-electron chi connectivity index (χ3n) is 8.76. The Morgan fingerprint density at radius 2 is 1.86 bits per heavy atom. The topological polar surface area (TPSA) is 125 Å². The lowest BCUT2D eigenvalue weighted by atomic mass is 9.78. The Kier molecular flexibility index (Phi) is 7.36. The van der Waals surface area contributed by atoms with E-state index in [1.165, 1.54) is 4.90 Å².